The van der Waals surface area contributed by atoms with Crippen LogP contribution in [0.15, 0.2) is 24.3 Å². The average molecular weight is 303 g/mol. The van der Waals surface area contributed by atoms with Crippen LogP contribution in [0.3, 0.4) is 0 Å². The van der Waals surface area contributed by atoms with Crippen LogP contribution in [-0.4, -0.2) is 28.6 Å². The Bertz CT molecular complexity index is 506. The van der Waals surface area contributed by atoms with Crippen LogP contribution in [0.1, 0.15) is 64.0 Å². The zero-order valence-electron chi connectivity index (χ0n) is 14.1. The fourth-order valence-corrected chi connectivity index (χ4v) is 4.26. The van der Waals surface area contributed by atoms with Crippen molar-refractivity contribution in [1.82, 2.24) is 4.90 Å². The van der Waals surface area contributed by atoms with Crippen LogP contribution < -0.4 is 0 Å². The SMILES string of the molecule is CCCN1C(C(=O)O)Cc2ccccc2C1(CCC)CCC. The number of carboxylic acid groups (broad SMARTS) is 1. The predicted octanol–water partition coefficient (Wildman–Crippen LogP) is 4.20. The lowest BCUT2D eigenvalue weighted by Crippen LogP contribution is -2.58. The van der Waals surface area contributed by atoms with Crippen molar-refractivity contribution in [2.45, 2.75) is 70.9 Å². The highest BCUT2D eigenvalue weighted by Gasteiger charge is 2.47. The van der Waals surface area contributed by atoms with E-state index in [4.69, 9.17) is 0 Å². The molecule has 22 heavy (non-hydrogen) atoms. The third-order valence-corrected chi connectivity index (χ3v) is 4.93. The molecule has 122 valence electrons. The summed E-state index contributed by atoms with van der Waals surface area (Å²) >= 11 is 0. The number of hydrogen-bond acceptors (Lipinski definition) is 2. The van der Waals surface area contributed by atoms with Gasteiger partial charge in [0.05, 0.1) is 0 Å². The molecule has 0 saturated carbocycles. The molecule has 3 nitrogen and oxygen atoms in total. The molecule has 1 aromatic carbocycles. The number of aliphatic carboxylic acids is 1. The Hall–Kier alpha value is -1.35. The average Bonchev–Trinajstić information content (AvgIpc) is 2.50. The van der Waals surface area contributed by atoms with Gasteiger partial charge in [-0.15, -0.1) is 0 Å². The van der Waals surface area contributed by atoms with Crippen molar-refractivity contribution in [2.75, 3.05) is 6.54 Å². The van der Waals surface area contributed by atoms with Crippen LogP contribution in [0.4, 0.5) is 0 Å². The summed E-state index contributed by atoms with van der Waals surface area (Å²) in [6.45, 7) is 7.40. The molecular formula is C19H29NO2. The van der Waals surface area contributed by atoms with Gasteiger partial charge in [-0.2, -0.15) is 0 Å². The summed E-state index contributed by atoms with van der Waals surface area (Å²) in [6, 6.07) is 8.09. The minimum atomic E-state index is -0.681. The number of hydrogen-bond donors (Lipinski definition) is 1. The van der Waals surface area contributed by atoms with Gasteiger partial charge in [0.1, 0.15) is 6.04 Å². The second-order valence-corrected chi connectivity index (χ2v) is 6.44. The van der Waals surface area contributed by atoms with E-state index in [-0.39, 0.29) is 5.54 Å². The van der Waals surface area contributed by atoms with Gasteiger partial charge in [0.25, 0.3) is 0 Å². The van der Waals surface area contributed by atoms with E-state index in [1.165, 1.54) is 11.1 Å². The van der Waals surface area contributed by atoms with E-state index >= 15 is 0 Å². The molecule has 0 bridgehead atoms. The molecule has 1 aromatic rings. The van der Waals surface area contributed by atoms with E-state index in [1.807, 2.05) is 6.07 Å². The lowest BCUT2D eigenvalue weighted by molar-refractivity contribution is -0.148. The van der Waals surface area contributed by atoms with Crippen molar-refractivity contribution < 1.29 is 9.90 Å². The first-order chi connectivity index (χ1) is 10.6. The van der Waals surface area contributed by atoms with Crippen molar-refractivity contribution >= 4 is 5.97 Å². The van der Waals surface area contributed by atoms with Gasteiger partial charge < -0.3 is 5.11 Å². The monoisotopic (exact) mass is 303 g/mol. The van der Waals surface area contributed by atoms with Crippen molar-refractivity contribution in [3.8, 4) is 0 Å². The molecule has 1 unspecified atom stereocenters. The van der Waals surface area contributed by atoms with Gasteiger partial charge in [0.15, 0.2) is 0 Å². The summed E-state index contributed by atoms with van der Waals surface area (Å²) in [5.41, 5.74) is 2.48. The molecule has 2 rings (SSSR count). The van der Waals surface area contributed by atoms with Crippen molar-refractivity contribution in [3.63, 3.8) is 0 Å². The highest BCUT2D eigenvalue weighted by atomic mass is 16.4. The van der Waals surface area contributed by atoms with Gasteiger partial charge in [-0.1, -0.05) is 57.9 Å². The molecular weight excluding hydrogens is 274 g/mol. The molecule has 0 radical (unpaired) electrons. The third kappa shape index (κ3) is 2.91. The number of rotatable bonds is 7. The maximum Gasteiger partial charge on any atom is 0.321 e. The van der Waals surface area contributed by atoms with Gasteiger partial charge in [-0.05, 0) is 43.4 Å². The van der Waals surface area contributed by atoms with E-state index in [0.29, 0.717) is 6.42 Å². The van der Waals surface area contributed by atoms with E-state index in [2.05, 4.69) is 43.9 Å². The normalized spacial score (nSPS) is 20.6. The van der Waals surface area contributed by atoms with Crippen molar-refractivity contribution in [2.24, 2.45) is 0 Å². The second kappa shape index (κ2) is 7.28. The highest BCUT2D eigenvalue weighted by molar-refractivity contribution is 5.75. The molecule has 0 aliphatic carbocycles. The van der Waals surface area contributed by atoms with Crippen LogP contribution in [0.25, 0.3) is 0 Å². The Balaban J connectivity index is 2.61. The summed E-state index contributed by atoms with van der Waals surface area (Å²) < 4.78 is 0. The molecule has 1 aliphatic rings. The Kier molecular flexibility index (Phi) is 5.63. The number of carbonyl (C=O) groups is 1. The molecule has 0 fully saturated rings. The summed E-state index contributed by atoms with van der Waals surface area (Å²) in [4.78, 5) is 14.2. The number of fused-ring (bicyclic) bond motifs is 1. The maximum absolute atomic E-state index is 11.9. The molecule has 1 N–H and O–H groups in total. The number of nitrogens with zero attached hydrogens (tertiary/aromatic N) is 1. The Morgan fingerprint density at radius 3 is 2.36 bits per heavy atom. The lowest BCUT2D eigenvalue weighted by Gasteiger charge is -2.51. The third-order valence-electron chi connectivity index (χ3n) is 4.93. The van der Waals surface area contributed by atoms with Gasteiger partial charge in [0.2, 0.25) is 0 Å². The first-order valence-corrected chi connectivity index (χ1v) is 8.68. The Morgan fingerprint density at radius 1 is 1.18 bits per heavy atom. The Labute approximate surface area is 134 Å². The molecule has 3 heteroatoms. The molecule has 0 amide bonds. The van der Waals surface area contributed by atoms with Crippen LogP contribution >= 0.6 is 0 Å². The van der Waals surface area contributed by atoms with Crippen LogP contribution in [0.2, 0.25) is 0 Å². The van der Waals surface area contributed by atoms with Gasteiger partial charge in [-0.3, -0.25) is 9.69 Å². The fourth-order valence-electron chi connectivity index (χ4n) is 4.26. The van der Waals surface area contributed by atoms with Gasteiger partial charge in [0, 0.05) is 5.54 Å². The molecule has 1 heterocycles. The van der Waals surface area contributed by atoms with Crippen LogP contribution in [0, 0.1) is 0 Å². The zero-order chi connectivity index (χ0) is 16.2. The van der Waals surface area contributed by atoms with Gasteiger partial charge >= 0.3 is 5.97 Å². The standard InChI is InChI=1S/C19H29NO2/c1-4-11-19(12-5-2)16-10-8-7-9-15(16)14-17(18(21)22)20(19)13-6-3/h7-10,17H,4-6,11-14H2,1-3H3,(H,21,22). The molecule has 0 saturated heterocycles. The molecule has 1 aliphatic heterocycles. The summed E-state index contributed by atoms with van der Waals surface area (Å²) in [5.74, 6) is -0.681. The van der Waals surface area contributed by atoms with Crippen LogP contribution in [-0.2, 0) is 16.8 Å². The summed E-state index contributed by atoms with van der Waals surface area (Å²) in [5, 5.41) is 9.79. The van der Waals surface area contributed by atoms with Gasteiger partial charge in [-0.25, -0.2) is 0 Å². The minimum absolute atomic E-state index is 0.114. The second-order valence-electron chi connectivity index (χ2n) is 6.44. The minimum Gasteiger partial charge on any atom is -0.480 e. The highest BCUT2D eigenvalue weighted by Crippen LogP contribution is 2.45. The first kappa shape index (κ1) is 17.0. The van der Waals surface area contributed by atoms with E-state index < -0.39 is 12.0 Å². The predicted molar refractivity (Wildman–Crippen MR) is 90.1 cm³/mol. The molecule has 0 spiro atoms. The Morgan fingerprint density at radius 2 is 1.82 bits per heavy atom. The lowest BCUT2D eigenvalue weighted by atomic mass is 9.72. The topological polar surface area (TPSA) is 40.5 Å². The fraction of sp³-hybridized carbons (Fsp3) is 0.632. The van der Waals surface area contributed by atoms with Crippen LogP contribution in [0.5, 0.6) is 0 Å². The van der Waals surface area contributed by atoms with Crippen molar-refractivity contribution in [1.29, 1.82) is 0 Å². The zero-order valence-corrected chi connectivity index (χ0v) is 14.1. The molecule has 0 aromatic heterocycles. The largest absolute Gasteiger partial charge is 0.480 e. The van der Waals surface area contributed by atoms with E-state index in [0.717, 1.165) is 38.6 Å². The summed E-state index contributed by atoms with van der Waals surface area (Å²) in [6.07, 6.45) is 5.81. The number of carboxylic acids is 1. The maximum atomic E-state index is 11.9. The van der Waals surface area contributed by atoms with E-state index in [9.17, 15) is 9.90 Å². The quantitative estimate of drug-likeness (QED) is 0.820. The molecule has 1 atom stereocenters. The van der Waals surface area contributed by atoms with Crippen molar-refractivity contribution in [3.05, 3.63) is 35.4 Å². The first-order valence-electron chi connectivity index (χ1n) is 8.68. The number of benzene rings is 1. The van der Waals surface area contributed by atoms with E-state index in [1.54, 1.807) is 0 Å². The smallest absolute Gasteiger partial charge is 0.321 e. The summed E-state index contributed by atoms with van der Waals surface area (Å²) in [7, 11) is 0.